The Morgan fingerprint density at radius 2 is 2.33 bits per heavy atom. The molecule has 0 aromatic carbocycles. The van der Waals surface area contributed by atoms with Gasteiger partial charge < -0.3 is 16.0 Å². The van der Waals surface area contributed by atoms with E-state index in [1.54, 1.807) is 12.3 Å². The van der Waals surface area contributed by atoms with E-state index in [4.69, 9.17) is 5.73 Å². The fourth-order valence-corrected chi connectivity index (χ4v) is 1.09. The third kappa shape index (κ3) is 5.80. The summed E-state index contributed by atoms with van der Waals surface area (Å²) in [4.78, 5) is 14.4. The van der Waals surface area contributed by atoms with E-state index in [2.05, 4.69) is 26.9 Å². The van der Waals surface area contributed by atoms with Gasteiger partial charge in [-0.05, 0) is 6.07 Å². The molecule has 0 atom stereocenters. The Kier molecular flexibility index (Phi) is 8.01. The first-order chi connectivity index (χ1) is 8.13. The maximum atomic E-state index is 5.64. The number of aliphatic imine (C=N–C) groups is 1. The lowest BCUT2D eigenvalue weighted by Crippen LogP contribution is -2.31. The third-order valence-electron chi connectivity index (χ3n) is 1.94. The molecule has 1 aromatic heterocycles. The smallest absolute Gasteiger partial charge is 0.225 e. The van der Waals surface area contributed by atoms with Crippen LogP contribution >= 0.6 is 24.0 Å². The van der Waals surface area contributed by atoms with E-state index < -0.39 is 0 Å². The first-order valence-corrected chi connectivity index (χ1v) is 5.27. The van der Waals surface area contributed by atoms with Gasteiger partial charge in [0.15, 0.2) is 5.96 Å². The molecule has 0 spiro atoms. The zero-order valence-electron chi connectivity index (χ0n) is 10.6. The van der Waals surface area contributed by atoms with Crippen LogP contribution in [0.4, 0.5) is 5.95 Å². The average molecular weight is 362 g/mol. The summed E-state index contributed by atoms with van der Waals surface area (Å²) in [6, 6.07) is 1.82. The van der Waals surface area contributed by atoms with Crippen molar-refractivity contribution < 1.29 is 0 Å². The molecule has 0 radical (unpaired) electrons. The molecule has 6 nitrogen and oxygen atoms in total. The van der Waals surface area contributed by atoms with Crippen LogP contribution in [0, 0.1) is 0 Å². The SMILES string of the molecule is C=CCNC(N)=NCc1ccnc(N(C)C)n1.I. The topological polar surface area (TPSA) is 79.4 Å². The molecule has 0 saturated heterocycles. The number of nitrogens with two attached hydrogens (primary N) is 1. The first-order valence-electron chi connectivity index (χ1n) is 5.27. The molecular formula is C11H19IN6. The van der Waals surface area contributed by atoms with Gasteiger partial charge in [0, 0.05) is 26.8 Å². The number of aromatic nitrogens is 2. The Morgan fingerprint density at radius 1 is 1.61 bits per heavy atom. The van der Waals surface area contributed by atoms with Crippen molar-refractivity contribution in [1.29, 1.82) is 0 Å². The molecule has 100 valence electrons. The van der Waals surface area contributed by atoms with Gasteiger partial charge in [0.1, 0.15) is 0 Å². The van der Waals surface area contributed by atoms with Crippen LogP contribution in [0.5, 0.6) is 0 Å². The van der Waals surface area contributed by atoms with Crippen LogP contribution in [0.2, 0.25) is 0 Å². The Hall–Kier alpha value is -1.38. The van der Waals surface area contributed by atoms with Gasteiger partial charge in [0.2, 0.25) is 5.95 Å². The van der Waals surface area contributed by atoms with Crippen molar-refractivity contribution in [2.24, 2.45) is 10.7 Å². The van der Waals surface area contributed by atoms with Crippen molar-refractivity contribution in [3.8, 4) is 0 Å². The maximum absolute atomic E-state index is 5.64. The van der Waals surface area contributed by atoms with Crippen LogP contribution in [0.1, 0.15) is 5.69 Å². The molecular weight excluding hydrogens is 343 g/mol. The number of rotatable bonds is 5. The minimum absolute atomic E-state index is 0. The normalized spacial score (nSPS) is 10.4. The summed E-state index contributed by atoms with van der Waals surface area (Å²) < 4.78 is 0. The van der Waals surface area contributed by atoms with Gasteiger partial charge in [-0.15, -0.1) is 30.6 Å². The van der Waals surface area contributed by atoms with Gasteiger partial charge in [-0.1, -0.05) is 6.08 Å². The molecule has 0 saturated carbocycles. The molecule has 0 unspecified atom stereocenters. The average Bonchev–Trinajstić information content (AvgIpc) is 2.34. The lowest BCUT2D eigenvalue weighted by molar-refractivity contribution is 0.905. The number of halogens is 1. The number of guanidine groups is 1. The van der Waals surface area contributed by atoms with Crippen LogP contribution in [0.15, 0.2) is 29.9 Å². The fraction of sp³-hybridized carbons (Fsp3) is 0.364. The monoisotopic (exact) mass is 362 g/mol. The standard InChI is InChI=1S/C11H18N6.HI/c1-4-6-13-10(12)15-8-9-5-7-14-11(16-9)17(2)3;/h4-5,7H,1,6,8H2,2-3H3,(H3,12,13,15);1H. The van der Waals surface area contributed by atoms with Gasteiger partial charge in [-0.2, -0.15) is 0 Å². The van der Waals surface area contributed by atoms with Gasteiger partial charge in [-0.3, -0.25) is 0 Å². The van der Waals surface area contributed by atoms with Crippen molar-refractivity contribution in [3.63, 3.8) is 0 Å². The van der Waals surface area contributed by atoms with Crippen molar-refractivity contribution in [2.75, 3.05) is 25.5 Å². The van der Waals surface area contributed by atoms with Gasteiger partial charge in [0.05, 0.1) is 12.2 Å². The molecule has 7 heteroatoms. The molecule has 1 heterocycles. The number of hydrogen-bond acceptors (Lipinski definition) is 4. The molecule has 18 heavy (non-hydrogen) atoms. The van der Waals surface area contributed by atoms with Crippen LogP contribution in [0.25, 0.3) is 0 Å². The summed E-state index contributed by atoms with van der Waals surface area (Å²) >= 11 is 0. The van der Waals surface area contributed by atoms with Crippen LogP contribution in [-0.2, 0) is 6.54 Å². The molecule has 1 aromatic rings. The lowest BCUT2D eigenvalue weighted by atomic mass is 10.4. The minimum Gasteiger partial charge on any atom is -0.370 e. The molecule has 0 aliphatic rings. The van der Waals surface area contributed by atoms with Crippen LogP contribution in [-0.4, -0.2) is 36.6 Å². The van der Waals surface area contributed by atoms with Gasteiger partial charge >= 0.3 is 0 Å². The van der Waals surface area contributed by atoms with Crippen molar-refractivity contribution in [1.82, 2.24) is 15.3 Å². The number of hydrogen-bond donors (Lipinski definition) is 2. The van der Waals surface area contributed by atoms with E-state index in [1.807, 2.05) is 25.1 Å². The Labute approximate surface area is 124 Å². The zero-order chi connectivity index (χ0) is 12.7. The molecule has 0 aliphatic heterocycles. The van der Waals surface area contributed by atoms with Crippen LogP contribution < -0.4 is 16.0 Å². The molecule has 0 aliphatic carbocycles. The summed E-state index contributed by atoms with van der Waals surface area (Å²) in [5.74, 6) is 1.05. The second kappa shape index (κ2) is 8.67. The predicted octanol–water partition coefficient (Wildman–Crippen LogP) is 0.751. The summed E-state index contributed by atoms with van der Waals surface area (Å²) in [5.41, 5.74) is 6.47. The Bertz CT molecular complexity index is 404. The quantitative estimate of drug-likeness (QED) is 0.350. The second-order valence-electron chi connectivity index (χ2n) is 3.61. The number of nitrogens with zero attached hydrogens (tertiary/aromatic N) is 4. The molecule has 1 rings (SSSR count). The second-order valence-corrected chi connectivity index (χ2v) is 3.61. The van der Waals surface area contributed by atoms with Gasteiger partial charge in [0.25, 0.3) is 0 Å². The van der Waals surface area contributed by atoms with Crippen molar-refractivity contribution in [3.05, 3.63) is 30.6 Å². The molecule has 0 fully saturated rings. The fourth-order valence-electron chi connectivity index (χ4n) is 1.09. The van der Waals surface area contributed by atoms with E-state index >= 15 is 0 Å². The summed E-state index contributed by atoms with van der Waals surface area (Å²) in [6.07, 6.45) is 3.43. The lowest BCUT2D eigenvalue weighted by Gasteiger charge is -2.10. The van der Waals surface area contributed by atoms with Crippen molar-refractivity contribution >= 4 is 35.9 Å². The molecule has 0 amide bonds. The summed E-state index contributed by atoms with van der Waals surface area (Å²) in [7, 11) is 3.78. The molecule has 0 bridgehead atoms. The highest BCUT2D eigenvalue weighted by atomic mass is 127. The van der Waals surface area contributed by atoms with E-state index in [-0.39, 0.29) is 24.0 Å². The van der Waals surface area contributed by atoms with E-state index in [0.717, 1.165) is 5.69 Å². The Balaban J connectivity index is 0.00000289. The number of nitrogens with one attached hydrogen (secondary N) is 1. The highest BCUT2D eigenvalue weighted by Crippen LogP contribution is 2.04. The highest BCUT2D eigenvalue weighted by molar-refractivity contribution is 14.0. The maximum Gasteiger partial charge on any atom is 0.225 e. The number of anilines is 1. The molecule has 3 N–H and O–H groups in total. The summed E-state index contributed by atoms with van der Waals surface area (Å²) in [6.45, 7) is 4.61. The Morgan fingerprint density at radius 3 is 2.94 bits per heavy atom. The largest absolute Gasteiger partial charge is 0.370 e. The third-order valence-corrected chi connectivity index (χ3v) is 1.94. The predicted molar refractivity (Wildman–Crippen MR) is 85.3 cm³/mol. The van der Waals surface area contributed by atoms with Crippen molar-refractivity contribution in [2.45, 2.75) is 6.54 Å². The van der Waals surface area contributed by atoms with Crippen LogP contribution in [0.3, 0.4) is 0 Å². The summed E-state index contributed by atoms with van der Waals surface area (Å²) in [5, 5.41) is 2.90. The first kappa shape index (κ1) is 16.6. The minimum atomic E-state index is 0. The van der Waals surface area contributed by atoms with Gasteiger partial charge in [-0.25, -0.2) is 15.0 Å². The van der Waals surface area contributed by atoms with E-state index in [9.17, 15) is 0 Å². The zero-order valence-corrected chi connectivity index (χ0v) is 13.0. The van der Waals surface area contributed by atoms with E-state index in [1.165, 1.54) is 0 Å². The van der Waals surface area contributed by atoms with E-state index in [0.29, 0.717) is 25.0 Å². The highest BCUT2D eigenvalue weighted by Gasteiger charge is 2.00.